The largest absolute Gasteiger partial charge is 0.394 e. The summed E-state index contributed by atoms with van der Waals surface area (Å²) in [5, 5.41) is 8.83. The van der Waals surface area contributed by atoms with Crippen LogP contribution in [0.5, 0.6) is 0 Å². The van der Waals surface area contributed by atoms with Gasteiger partial charge in [-0.2, -0.15) is 0 Å². The van der Waals surface area contributed by atoms with Crippen molar-refractivity contribution in [1.29, 1.82) is 0 Å². The second-order valence-corrected chi connectivity index (χ2v) is 3.85. The third kappa shape index (κ3) is 1.00. The van der Waals surface area contributed by atoms with E-state index in [1.807, 2.05) is 0 Å². The van der Waals surface area contributed by atoms with Gasteiger partial charge in [-0.3, -0.25) is 0 Å². The molecule has 1 aliphatic heterocycles. The van der Waals surface area contributed by atoms with Crippen LogP contribution in [0.25, 0.3) is 0 Å². The first kappa shape index (κ1) is 7.56. The molecule has 1 aliphatic carbocycles. The fourth-order valence-corrected chi connectivity index (χ4v) is 2.29. The van der Waals surface area contributed by atoms with E-state index in [0.29, 0.717) is 11.5 Å². The Morgan fingerprint density at radius 3 is 2.55 bits per heavy atom. The molecule has 2 aliphatic rings. The number of aliphatic hydroxyl groups is 1. The smallest absolute Gasteiger partial charge is 0.108 e. The van der Waals surface area contributed by atoms with E-state index in [1.54, 1.807) is 0 Å². The minimum absolute atomic E-state index is 0.176. The predicted octanol–water partition coefficient (Wildman–Crippen LogP) is 1.33. The first-order valence-corrected chi connectivity index (χ1v) is 4.59. The Kier molecular flexibility index (Phi) is 1.69. The van der Waals surface area contributed by atoms with Crippen LogP contribution in [0.4, 0.5) is 0 Å². The van der Waals surface area contributed by atoms with E-state index in [1.165, 1.54) is 25.7 Å². The Balaban J connectivity index is 1.93. The molecule has 0 aromatic heterocycles. The van der Waals surface area contributed by atoms with Gasteiger partial charge in [-0.25, -0.2) is 0 Å². The van der Waals surface area contributed by atoms with Crippen molar-refractivity contribution in [2.75, 3.05) is 6.61 Å². The van der Waals surface area contributed by atoms with Crippen LogP contribution in [0.3, 0.4) is 0 Å². The maximum Gasteiger partial charge on any atom is 0.108 e. The summed E-state index contributed by atoms with van der Waals surface area (Å²) in [6.45, 7) is 2.45. The summed E-state index contributed by atoms with van der Waals surface area (Å²) in [6, 6.07) is 0. The van der Waals surface area contributed by atoms with Crippen LogP contribution in [0.1, 0.15) is 32.6 Å². The molecule has 0 aromatic rings. The Hall–Kier alpha value is -0.0800. The molecule has 11 heavy (non-hydrogen) atoms. The molecule has 2 rings (SSSR count). The number of aliphatic hydroxyl groups excluding tert-OH is 1. The average molecular weight is 156 g/mol. The Bertz CT molecular complexity index is 146. The molecule has 2 fully saturated rings. The van der Waals surface area contributed by atoms with Crippen LogP contribution in [-0.4, -0.2) is 23.9 Å². The molecule has 0 spiro atoms. The number of hydrogen-bond acceptors (Lipinski definition) is 2. The summed E-state index contributed by atoms with van der Waals surface area (Å²) in [6.07, 6.45) is 5.76. The summed E-state index contributed by atoms with van der Waals surface area (Å²) in [7, 11) is 0. The molecular formula is C9H16O2. The van der Waals surface area contributed by atoms with Gasteiger partial charge in [-0.1, -0.05) is 13.3 Å². The molecule has 0 aromatic carbocycles. The second-order valence-electron chi connectivity index (χ2n) is 3.85. The molecule has 1 saturated carbocycles. The number of hydrogen-bond donors (Lipinski definition) is 1. The highest BCUT2D eigenvalue weighted by Crippen LogP contribution is 2.54. The molecule has 1 saturated heterocycles. The van der Waals surface area contributed by atoms with Crippen molar-refractivity contribution in [3.8, 4) is 0 Å². The van der Waals surface area contributed by atoms with Crippen molar-refractivity contribution < 1.29 is 9.84 Å². The molecule has 2 heteroatoms. The SMILES string of the molecule is CCC1([C@@H]2O[C@@H]2CO)CCC1. The van der Waals surface area contributed by atoms with E-state index in [9.17, 15) is 0 Å². The lowest BCUT2D eigenvalue weighted by Gasteiger charge is -2.40. The monoisotopic (exact) mass is 156 g/mol. The molecule has 1 heterocycles. The van der Waals surface area contributed by atoms with Gasteiger partial charge < -0.3 is 9.84 Å². The highest BCUT2D eigenvalue weighted by atomic mass is 16.6. The van der Waals surface area contributed by atoms with E-state index in [2.05, 4.69) is 6.92 Å². The normalized spacial score (nSPS) is 39.8. The van der Waals surface area contributed by atoms with Gasteiger partial charge in [-0.15, -0.1) is 0 Å². The van der Waals surface area contributed by atoms with Crippen molar-refractivity contribution in [2.45, 2.75) is 44.8 Å². The molecule has 0 radical (unpaired) electrons. The molecule has 0 bridgehead atoms. The van der Waals surface area contributed by atoms with Crippen LogP contribution >= 0.6 is 0 Å². The quantitative estimate of drug-likeness (QED) is 0.625. The van der Waals surface area contributed by atoms with Crippen LogP contribution in [-0.2, 0) is 4.74 Å². The number of rotatable bonds is 3. The van der Waals surface area contributed by atoms with Crippen LogP contribution in [0.2, 0.25) is 0 Å². The zero-order chi connectivity index (χ0) is 7.90. The molecule has 0 unspecified atom stereocenters. The lowest BCUT2D eigenvalue weighted by molar-refractivity contribution is 0.0812. The van der Waals surface area contributed by atoms with Crippen LogP contribution in [0, 0.1) is 5.41 Å². The van der Waals surface area contributed by atoms with Gasteiger partial charge in [0.1, 0.15) is 6.10 Å². The van der Waals surface area contributed by atoms with E-state index in [4.69, 9.17) is 9.84 Å². The van der Waals surface area contributed by atoms with E-state index < -0.39 is 0 Å². The zero-order valence-electron chi connectivity index (χ0n) is 7.05. The maximum atomic E-state index is 8.83. The first-order chi connectivity index (χ1) is 5.32. The predicted molar refractivity (Wildman–Crippen MR) is 42.3 cm³/mol. The van der Waals surface area contributed by atoms with Gasteiger partial charge in [0.2, 0.25) is 0 Å². The average Bonchev–Trinajstić information content (AvgIpc) is 2.67. The standard InChI is InChI=1S/C9H16O2/c1-2-9(4-3-5-9)8-7(6-10)11-8/h7-8,10H,2-6H2,1H3/t7-,8-/m1/s1. The van der Waals surface area contributed by atoms with Gasteiger partial charge in [0.15, 0.2) is 0 Å². The van der Waals surface area contributed by atoms with Crippen molar-refractivity contribution in [3.63, 3.8) is 0 Å². The fraction of sp³-hybridized carbons (Fsp3) is 1.00. The van der Waals surface area contributed by atoms with Gasteiger partial charge in [-0.05, 0) is 24.7 Å². The number of ether oxygens (including phenoxy) is 1. The van der Waals surface area contributed by atoms with E-state index >= 15 is 0 Å². The second kappa shape index (κ2) is 2.46. The van der Waals surface area contributed by atoms with Crippen molar-refractivity contribution in [3.05, 3.63) is 0 Å². The molecule has 1 N–H and O–H groups in total. The topological polar surface area (TPSA) is 32.8 Å². The van der Waals surface area contributed by atoms with Gasteiger partial charge in [0.25, 0.3) is 0 Å². The summed E-state index contributed by atoms with van der Waals surface area (Å²) in [5.41, 5.74) is 0.466. The van der Waals surface area contributed by atoms with Crippen molar-refractivity contribution >= 4 is 0 Å². The summed E-state index contributed by atoms with van der Waals surface area (Å²) < 4.78 is 5.41. The highest BCUT2D eigenvalue weighted by molar-refractivity contribution is 5.03. The van der Waals surface area contributed by atoms with Gasteiger partial charge in [0, 0.05) is 0 Å². The van der Waals surface area contributed by atoms with Gasteiger partial charge in [0.05, 0.1) is 12.7 Å². The molecule has 0 amide bonds. The highest BCUT2D eigenvalue weighted by Gasteiger charge is 2.55. The Labute approximate surface area is 67.6 Å². The van der Waals surface area contributed by atoms with Crippen LogP contribution in [0.15, 0.2) is 0 Å². The van der Waals surface area contributed by atoms with Crippen LogP contribution < -0.4 is 0 Å². The lowest BCUT2D eigenvalue weighted by Crippen LogP contribution is -2.35. The Morgan fingerprint density at radius 1 is 1.55 bits per heavy atom. The third-order valence-corrected chi connectivity index (χ3v) is 3.42. The Morgan fingerprint density at radius 2 is 2.27 bits per heavy atom. The van der Waals surface area contributed by atoms with Crippen molar-refractivity contribution in [2.24, 2.45) is 5.41 Å². The van der Waals surface area contributed by atoms with E-state index in [0.717, 1.165) is 0 Å². The molecule has 2 nitrogen and oxygen atoms in total. The number of epoxide rings is 1. The fourth-order valence-electron chi connectivity index (χ4n) is 2.29. The molecule has 64 valence electrons. The third-order valence-electron chi connectivity index (χ3n) is 3.42. The lowest BCUT2D eigenvalue weighted by atomic mass is 9.64. The molecule has 2 atom stereocenters. The summed E-state index contributed by atoms with van der Waals surface area (Å²) >= 11 is 0. The first-order valence-electron chi connectivity index (χ1n) is 4.59. The van der Waals surface area contributed by atoms with Crippen molar-refractivity contribution in [1.82, 2.24) is 0 Å². The summed E-state index contributed by atoms with van der Waals surface area (Å²) in [4.78, 5) is 0. The van der Waals surface area contributed by atoms with E-state index in [-0.39, 0.29) is 12.7 Å². The van der Waals surface area contributed by atoms with Gasteiger partial charge >= 0.3 is 0 Å². The minimum Gasteiger partial charge on any atom is -0.394 e. The maximum absolute atomic E-state index is 8.83. The zero-order valence-corrected chi connectivity index (χ0v) is 7.05. The molecular weight excluding hydrogens is 140 g/mol. The summed E-state index contributed by atoms with van der Waals surface area (Å²) in [5.74, 6) is 0. The minimum atomic E-state index is 0.176.